The van der Waals surface area contributed by atoms with Crippen molar-refractivity contribution in [1.82, 2.24) is 4.90 Å². The van der Waals surface area contributed by atoms with Crippen LogP contribution in [0, 0.1) is 11.7 Å². The van der Waals surface area contributed by atoms with Gasteiger partial charge in [-0.25, -0.2) is 4.39 Å². The van der Waals surface area contributed by atoms with Crippen LogP contribution in [0.2, 0.25) is 0 Å². The third-order valence-electron chi connectivity index (χ3n) is 6.15. The van der Waals surface area contributed by atoms with Crippen molar-refractivity contribution in [1.29, 1.82) is 0 Å². The largest absolute Gasteiger partial charge is 0.494 e. The molecule has 0 unspecified atom stereocenters. The topological polar surface area (TPSA) is 104 Å². The number of aliphatic carboxylic acids is 1. The molecule has 35 heavy (non-hydrogen) atoms. The summed E-state index contributed by atoms with van der Waals surface area (Å²) >= 11 is 1.44. The number of thiophene rings is 1. The van der Waals surface area contributed by atoms with E-state index in [2.05, 4.69) is 0 Å². The molecule has 2 aromatic carbocycles. The van der Waals surface area contributed by atoms with E-state index in [1.54, 1.807) is 36.4 Å². The number of aliphatic hydroxyl groups excluding tert-OH is 1. The van der Waals surface area contributed by atoms with E-state index in [1.807, 2.05) is 11.4 Å². The summed E-state index contributed by atoms with van der Waals surface area (Å²) in [6.45, 7) is -0.0907. The summed E-state index contributed by atoms with van der Waals surface area (Å²) in [5.74, 6) is -3.52. The van der Waals surface area contributed by atoms with Gasteiger partial charge in [-0.2, -0.15) is 0 Å². The lowest BCUT2D eigenvalue weighted by Crippen LogP contribution is -2.36. The van der Waals surface area contributed by atoms with Crippen LogP contribution in [-0.4, -0.2) is 52.7 Å². The molecule has 1 aliphatic heterocycles. The first-order valence-corrected chi connectivity index (χ1v) is 12.0. The molecule has 1 aliphatic rings. The lowest BCUT2D eigenvalue weighted by atomic mass is 9.94. The summed E-state index contributed by atoms with van der Waals surface area (Å²) in [4.78, 5) is 38.8. The number of benzene rings is 2. The minimum atomic E-state index is -1.19. The van der Waals surface area contributed by atoms with Gasteiger partial charge >= 0.3 is 5.97 Å². The van der Waals surface area contributed by atoms with Crippen molar-refractivity contribution in [3.8, 4) is 16.9 Å². The van der Waals surface area contributed by atoms with Crippen LogP contribution in [0.5, 0.6) is 5.75 Å². The Bertz CT molecular complexity index is 1240. The summed E-state index contributed by atoms with van der Waals surface area (Å²) in [6.07, 6.45) is -0.591. The average molecular weight is 498 g/mol. The number of methoxy groups -OCH3 is 1. The van der Waals surface area contributed by atoms with Gasteiger partial charge in [0.05, 0.1) is 30.3 Å². The first kappa shape index (κ1) is 24.6. The standard InChI is InChI=1S/C26H24FNO6S/c1-34-23-9-6-15(13-21(23)27)16-12-17(35-14-16)7-8-22(29)20(26(32)33)10-11-28-24(30)18-4-2-3-5-19(18)25(28)31/h2-6,9,12-14,20,22,29H,7-8,10-11H2,1H3,(H,32,33)/t20-,22+/m0/s1. The molecule has 9 heteroatoms. The molecule has 0 saturated heterocycles. The molecule has 0 bridgehead atoms. The molecule has 2 amide bonds. The molecule has 0 aliphatic carbocycles. The van der Waals surface area contributed by atoms with Gasteiger partial charge in [-0.15, -0.1) is 11.3 Å². The fourth-order valence-electron chi connectivity index (χ4n) is 4.19. The second-order valence-corrected chi connectivity index (χ2v) is 9.29. The highest BCUT2D eigenvalue weighted by molar-refractivity contribution is 7.10. The van der Waals surface area contributed by atoms with Crippen molar-refractivity contribution in [2.45, 2.75) is 25.4 Å². The lowest BCUT2D eigenvalue weighted by Gasteiger charge is -2.21. The first-order chi connectivity index (χ1) is 16.8. The number of fused-ring (bicyclic) bond motifs is 1. The molecule has 2 N–H and O–H groups in total. The summed E-state index contributed by atoms with van der Waals surface area (Å²) in [5, 5.41) is 22.1. The normalized spacial score (nSPS) is 14.7. The van der Waals surface area contributed by atoms with Crippen LogP contribution >= 0.6 is 11.3 Å². The second kappa shape index (κ2) is 10.4. The number of aryl methyl sites for hydroxylation is 1. The van der Waals surface area contributed by atoms with Gasteiger partial charge in [-0.05, 0) is 66.1 Å². The van der Waals surface area contributed by atoms with Crippen molar-refractivity contribution in [2.75, 3.05) is 13.7 Å². The number of imide groups is 1. The fraction of sp³-hybridized carbons (Fsp3) is 0.269. The van der Waals surface area contributed by atoms with E-state index in [-0.39, 0.29) is 25.1 Å². The molecule has 3 aromatic rings. The van der Waals surface area contributed by atoms with Gasteiger partial charge in [0.25, 0.3) is 11.8 Å². The molecule has 0 spiro atoms. The lowest BCUT2D eigenvalue weighted by molar-refractivity contribution is -0.146. The summed E-state index contributed by atoms with van der Waals surface area (Å²) in [5.41, 5.74) is 2.11. The number of rotatable bonds is 10. The Labute approximate surface area is 205 Å². The van der Waals surface area contributed by atoms with E-state index in [1.165, 1.54) is 24.5 Å². The highest BCUT2D eigenvalue weighted by Gasteiger charge is 2.36. The number of amides is 2. The number of aliphatic hydroxyl groups is 1. The van der Waals surface area contributed by atoms with E-state index in [0.717, 1.165) is 15.3 Å². The fourth-order valence-corrected chi connectivity index (χ4v) is 5.10. The van der Waals surface area contributed by atoms with Crippen LogP contribution in [0.4, 0.5) is 4.39 Å². The maximum absolute atomic E-state index is 14.0. The number of hydrogen-bond donors (Lipinski definition) is 2. The van der Waals surface area contributed by atoms with Gasteiger partial charge in [-0.3, -0.25) is 19.3 Å². The van der Waals surface area contributed by atoms with Gasteiger partial charge in [0.1, 0.15) is 0 Å². The molecule has 7 nitrogen and oxygen atoms in total. The molecular weight excluding hydrogens is 473 g/mol. The summed E-state index contributed by atoms with van der Waals surface area (Å²) < 4.78 is 19.0. The van der Waals surface area contributed by atoms with Crippen molar-refractivity contribution in [3.63, 3.8) is 0 Å². The quantitative estimate of drug-likeness (QED) is 0.406. The van der Waals surface area contributed by atoms with Gasteiger partial charge in [-0.1, -0.05) is 18.2 Å². The van der Waals surface area contributed by atoms with Crippen LogP contribution in [-0.2, 0) is 11.2 Å². The van der Waals surface area contributed by atoms with Crippen molar-refractivity contribution in [2.24, 2.45) is 5.92 Å². The maximum Gasteiger partial charge on any atom is 0.309 e. The van der Waals surface area contributed by atoms with Crippen LogP contribution in [0.15, 0.2) is 53.9 Å². The van der Waals surface area contributed by atoms with Crippen LogP contribution in [0.3, 0.4) is 0 Å². The van der Waals surface area contributed by atoms with Gasteiger partial charge < -0.3 is 14.9 Å². The second-order valence-electron chi connectivity index (χ2n) is 8.30. The summed E-state index contributed by atoms with van der Waals surface area (Å²) in [7, 11) is 1.40. The number of ether oxygens (including phenoxy) is 1. The number of carbonyl (C=O) groups excluding carboxylic acids is 2. The van der Waals surface area contributed by atoms with Crippen molar-refractivity contribution < 1.29 is 33.7 Å². The Morgan fingerprint density at radius 3 is 2.34 bits per heavy atom. The minimum Gasteiger partial charge on any atom is -0.494 e. The van der Waals surface area contributed by atoms with Crippen LogP contribution in [0.25, 0.3) is 11.1 Å². The zero-order valence-corrected chi connectivity index (χ0v) is 19.8. The molecule has 2 heterocycles. The highest BCUT2D eigenvalue weighted by Crippen LogP contribution is 2.30. The zero-order chi connectivity index (χ0) is 25.1. The van der Waals surface area contributed by atoms with Crippen molar-refractivity contribution in [3.05, 3.63) is 75.7 Å². The number of halogens is 1. The van der Waals surface area contributed by atoms with Crippen LogP contribution in [0.1, 0.15) is 38.4 Å². The van der Waals surface area contributed by atoms with E-state index in [4.69, 9.17) is 4.74 Å². The molecule has 0 fully saturated rings. The Balaban J connectivity index is 1.36. The first-order valence-electron chi connectivity index (χ1n) is 11.1. The van der Waals surface area contributed by atoms with E-state index >= 15 is 0 Å². The molecule has 0 radical (unpaired) electrons. The Morgan fingerprint density at radius 2 is 1.74 bits per heavy atom. The molecular formula is C26H24FNO6S. The SMILES string of the molecule is COc1ccc(-c2csc(CC[C@@H](O)[C@H](CCN3C(=O)c4ccccc4C3=O)C(=O)O)c2)cc1F. The zero-order valence-electron chi connectivity index (χ0n) is 18.9. The van der Waals surface area contributed by atoms with E-state index in [0.29, 0.717) is 23.1 Å². The number of carbonyl (C=O) groups is 3. The highest BCUT2D eigenvalue weighted by atomic mass is 32.1. The third-order valence-corrected chi connectivity index (χ3v) is 7.15. The Kier molecular flexibility index (Phi) is 7.28. The Hall–Kier alpha value is -3.56. The maximum atomic E-state index is 14.0. The number of hydrogen-bond acceptors (Lipinski definition) is 6. The van der Waals surface area contributed by atoms with Gasteiger partial charge in [0.15, 0.2) is 11.6 Å². The molecule has 2 atom stereocenters. The monoisotopic (exact) mass is 497 g/mol. The third kappa shape index (κ3) is 5.11. The van der Waals surface area contributed by atoms with Crippen molar-refractivity contribution >= 4 is 29.1 Å². The van der Waals surface area contributed by atoms with Crippen LogP contribution < -0.4 is 4.74 Å². The van der Waals surface area contributed by atoms with E-state index < -0.39 is 35.6 Å². The number of carboxylic acids is 1. The van der Waals surface area contributed by atoms with Gasteiger partial charge in [0, 0.05) is 11.4 Å². The Morgan fingerprint density at radius 1 is 1.06 bits per heavy atom. The smallest absolute Gasteiger partial charge is 0.309 e. The minimum absolute atomic E-state index is 0.0528. The van der Waals surface area contributed by atoms with E-state index in [9.17, 15) is 29.0 Å². The molecule has 4 rings (SSSR count). The molecule has 0 saturated carbocycles. The number of nitrogens with zero attached hydrogens (tertiary/aromatic N) is 1. The average Bonchev–Trinajstić information content (AvgIpc) is 3.41. The predicted octanol–water partition coefficient (Wildman–Crippen LogP) is 4.24. The number of carboxylic acid groups (broad SMARTS) is 1. The predicted molar refractivity (Wildman–Crippen MR) is 128 cm³/mol. The van der Waals surface area contributed by atoms with Gasteiger partial charge in [0.2, 0.25) is 0 Å². The molecule has 182 valence electrons. The molecule has 1 aromatic heterocycles. The summed E-state index contributed by atoms with van der Waals surface area (Å²) in [6, 6.07) is 13.0.